The number of nitrogens with zero attached hydrogens (tertiary/aromatic N) is 1. The predicted molar refractivity (Wildman–Crippen MR) is 72.0 cm³/mol. The molecule has 1 unspecified atom stereocenters. The molecule has 0 aliphatic carbocycles. The third kappa shape index (κ3) is 3.47. The van der Waals surface area contributed by atoms with Crippen molar-refractivity contribution < 1.29 is 14.7 Å². The molecule has 1 heterocycles. The number of aliphatic carboxylic acids is 1. The number of carboxylic acids is 1. The fourth-order valence-electron chi connectivity index (χ4n) is 2.36. The third-order valence-electron chi connectivity index (χ3n) is 3.33. The van der Waals surface area contributed by atoms with Crippen molar-refractivity contribution in [1.82, 2.24) is 4.90 Å². The molecule has 1 N–H and O–H groups in total. The molecular weight excluding hydrogens is 266 g/mol. The standard InChI is InChI=1S/C14H16ClNO3/c15-7-10-5-13(17)16(8-10)9-12-4-2-1-3-11(12)6-14(18)19/h1-4,10H,5-9H2,(H,18,19). The molecule has 102 valence electrons. The minimum Gasteiger partial charge on any atom is -0.481 e. The number of hydrogen-bond acceptors (Lipinski definition) is 2. The summed E-state index contributed by atoms with van der Waals surface area (Å²) in [6.45, 7) is 1.12. The van der Waals surface area contributed by atoms with E-state index in [1.807, 2.05) is 18.2 Å². The number of carbonyl (C=O) groups excluding carboxylic acids is 1. The first-order valence-electron chi connectivity index (χ1n) is 6.22. The van der Waals surface area contributed by atoms with Crippen molar-refractivity contribution in [2.24, 2.45) is 5.92 Å². The van der Waals surface area contributed by atoms with Crippen molar-refractivity contribution in [3.05, 3.63) is 35.4 Å². The molecule has 1 aliphatic rings. The van der Waals surface area contributed by atoms with Gasteiger partial charge in [-0.1, -0.05) is 24.3 Å². The Labute approximate surface area is 117 Å². The van der Waals surface area contributed by atoms with Crippen LogP contribution in [0.1, 0.15) is 17.5 Å². The zero-order valence-corrected chi connectivity index (χ0v) is 11.3. The molecule has 1 aromatic rings. The largest absolute Gasteiger partial charge is 0.481 e. The summed E-state index contributed by atoms with van der Waals surface area (Å²) in [6, 6.07) is 7.35. The lowest BCUT2D eigenvalue weighted by Gasteiger charge is -2.18. The molecule has 19 heavy (non-hydrogen) atoms. The number of likely N-dealkylation sites (tertiary alicyclic amines) is 1. The third-order valence-corrected chi connectivity index (χ3v) is 3.77. The molecule has 0 bridgehead atoms. The molecule has 0 spiro atoms. The second-order valence-electron chi connectivity index (χ2n) is 4.84. The van der Waals surface area contributed by atoms with Gasteiger partial charge in [0.25, 0.3) is 0 Å². The lowest BCUT2D eigenvalue weighted by atomic mass is 10.0. The van der Waals surface area contributed by atoms with Gasteiger partial charge < -0.3 is 10.0 Å². The van der Waals surface area contributed by atoms with Crippen molar-refractivity contribution in [2.45, 2.75) is 19.4 Å². The first kappa shape index (κ1) is 13.9. The van der Waals surface area contributed by atoms with Crippen LogP contribution in [0, 0.1) is 5.92 Å². The monoisotopic (exact) mass is 281 g/mol. The summed E-state index contributed by atoms with van der Waals surface area (Å²) in [5.74, 6) is -0.0747. The van der Waals surface area contributed by atoms with E-state index in [1.54, 1.807) is 11.0 Å². The highest BCUT2D eigenvalue weighted by molar-refractivity contribution is 6.18. The minimum atomic E-state index is -0.862. The van der Waals surface area contributed by atoms with Crippen LogP contribution in [0.3, 0.4) is 0 Å². The van der Waals surface area contributed by atoms with E-state index in [-0.39, 0.29) is 18.2 Å². The summed E-state index contributed by atoms with van der Waals surface area (Å²) in [5, 5.41) is 8.89. The topological polar surface area (TPSA) is 57.6 Å². The number of amides is 1. The van der Waals surface area contributed by atoms with Gasteiger partial charge in [0.1, 0.15) is 0 Å². The van der Waals surface area contributed by atoms with Gasteiger partial charge in [-0.3, -0.25) is 9.59 Å². The molecule has 0 aromatic heterocycles. The molecule has 5 heteroatoms. The lowest BCUT2D eigenvalue weighted by Crippen LogP contribution is -2.25. The Morgan fingerprint density at radius 1 is 1.37 bits per heavy atom. The van der Waals surface area contributed by atoms with Crippen LogP contribution in [-0.4, -0.2) is 34.3 Å². The highest BCUT2D eigenvalue weighted by Gasteiger charge is 2.29. The Hall–Kier alpha value is -1.55. The van der Waals surface area contributed by atoms with Crippen LogP contribution >= 0.6 is 11.6 Å². The summed E-state index contributed by atoms with van der Waals surface area (Å²) in [7, 11) is 0. The molecule has 1 aliphatic heterocycles. The highest BCUT2D eigenvalue weighted by Crippen LogP contribution is 2.22. The number of hydrogen-bond donors (Lipinski definition) is 1. The second kappa shape index (κ2) is 6.06. The average Bonchev–Trinajstić information content (AvgIpc) is 2.72. The fourth-order valence-corrected chi connectivity index (χ4v) is 2.57. The van der Waals surface area contributed by atoms with E-state index in [9.17, 15) is 9.59 Å². The normalized spacial score (nSPS) is 18.9. The van der Waals surface area contributed by atoms with Crippen LogP contribution in [0.15, 0.2) is 24.3 Å². The van der Waals surface area contributed by atoms with Crippen LogP contribution in [-0.2, 0) is 22.6 Å². The van der Waals surface area contributed by atoms with E-state index in [0.717, 1.165) is 11.1 Å². The average molecular weight is 282 g/mol. The minimum absolute atomic E-state index is 0.0167. The highest BCUT2D eigenvalue weighted by atomic mass is 35.5. The molecule has 0 radical (unpaired) electrons. The first-order valence-corrected chi connectivity index (χ1v) is 6.76. The first-order chi connectivity index (χ1) is 9.10. The Morgan fingerprint density at radius 2 is 2.05 bits per heavy atom. The van der Waals surface area contributed by atoms with Gasteiger partial charge in [-0.25, -0.2) is 0 Å². The van der Waals surface area contributed by atoms with E-state index in [0.29, 0.717) is 25.4 Å². The Bertz CT molecular complexity index is 489. The molecular formula is C14H16ClNO3. The van der Waals surface area contributed by atoms with Crippen LogP contribution in [0.25, 0.3) is 0 Å². The maximum Gasteiger partial charge on any atom is 0.307 e. The van der Waals surface area contributed by atoms with Crippen LogP contribution in [0.5, 0.6) is 0 Å². The summed E-state index contributed by atoms with van der Waals surface area (Å²) < 4.78 is 0. The van der Waals surface area contributed by atoms with Gasteiger partial charge in [-0.15, -0.1) is 11.6 Å². The van der Waals surface area contributed by atoms with Gasteiger partial charge in [0.2, 0.25) is 5.91 Å². The SMILES string of the molecule is O=C(O)Cc1ccccc1CN1CC(CCl)CC1=O. The van der Waals surface area contributed by atoms with Crippen molar-refractivity contribution >= 4 is 23.5 Å². The predicted octanol–water partition coefficient (Wildman–Crippen LogP) is 1.90. The van der Waals surface area contributed by atoms with Gasteiger partial charge in [0.05, 0.1) is 6.42 Å². The summed E-state index contributed by atoms with van der Waals surface area (Å²) in [4.78, 5) is 24.4. The zero-order valence-electron chi connectivity index (χ0n) is 10.5. The summed E-state index contributed by atoms with van der Waals surface area (Å²) >= 11 is 5.78. The second-order valence-corrected chi connectivity index (χ2v) is 5.15. The molecule has 1 fully saturated rings. The molecule has 4 nitrogen and oxygen atoms in total. The molecule has 1 saturated heterocycles. The number of halogens is 1. The number of rotatable bonds is 5. The number of benzene rings is 1. The van der Waals surface area contributed by atoms with Crippen molar-refractivity contribution in [1.29, 1.82) is 0 Å². The van der Waals surface area contributed by atoms with Crippen molar-refractivity contribution in [3.63, 3.8) is 0 Å². The molecule has 1 amide bonds. The number of carbonyl (C=O) groups is 2. The zero-order chi connectivity index (χ0) is 13.8. The van der Waals surface area contributed by atoms with Crippen molar-refractivity contribution in [3.8, 4) is 0 Å². The summed E-state index contributed by atoms with van der Waals surface area (Å²) in [5.41, 5.74) is 1.66. The van der Waals surface area contributed by atoms with E-state index < -0.39 is 5.97 Å². The quantitative estimate of drug-likeness (QED) is 0.839. The molecule has 1 atom stereocenters. The maximum atomic E-state index is 11.8. The fraction of sp³-hybridized carbons (Fsp3) is 0.429. The van der Waals surface area contributed by atoms with Gasteiger partial charge in [-0.05, 0) is 17.0 Å². The van der Waals surface area contributed by atoms with Gasteiger partial charge >= 0.3 is 5.97 Å². The van der Waals surface area contributed by atoms with Crippen LogP contribution in [0.2, 0.25) is 0 Å². The van der Waals surface area contributed by atoms with Crippen molar-refractivity contribution in [2.75, 3.05) is 12.4 Å². The Morgan fingerprint density at radius 3 is 2.63 bits per heavy atom. The maximum absolute atomic E-state index is 11.8. The van der Waals surface area contributed by atoms with Crippen LogP contribution < -0.4 is 0 Å². The van der Waals surface area contributed by atoms with Crippen LogP contribution in [0.4, 0.5) is 0 Å². The Balaban J connectivity index is 2.11. The van der Waals surface area contributed by atoms with E-state index >= 15 is 0 Å². The number of alkyl halides is 1. The van der Waals surface area contributed by atoms with Gasteiger partial charge in [0.15, 0.2) is 0 Å². The summed E-state index contributed by atoms with van der Waals surface area (Å²) in [6.07, 6.45) is 0.474. The molecule has 0 saturated carbocycles. The number of carboxylic acid groups (broad SMARTS) is 1. The van der Waals surface area contributed by atoms with Gasteiger partial charge in [0, 0.05) is 25.4 Å². The Kier molecular flexibility index (Phi) is 4.43. The van der Waals surface area contributed by atoms with E-state index in [4.69, 9.17) is 16.7 Å². The lowest BCUT2D eigenvalue weighted by molar-refractivity contribution is -0.136. The van der Waals surface area contributed by atoms with E-state index in [1.165, 1.54) is 0 Å². The molecule has 1 aromatic carbocycles. The van der Waals surface area contributed by atoms with Gasteiger partial charge in [-0.2, -0.15) is 0 Å². The van der Waals surface area contributed by atoms with E-state index in [2.05, 4.69) is 0 Å². The smallest absolute Gasteiger partial charge is 0.307 e. The molecule has 2 rings (SSSR count).